The molecular weight excluding hydrogens is 188 g/mol. The maximum absolute atomic E-state index is 9.47. The summed E-state index contributed by atoms with van der Waals surface area (Å²) in [6, 6.07) is 0. The Morgan fingerprint density at radius 2 is 2.29 bits per heavy atom. The minimum absolute atomic E-state index is 0.210. The summed E-state index contributed by atoms with van der Waals surface area (Å²) < 4.78 is 5.35. The summed E-state index contributed by atoms with van der Waals surface area (Å²) in [4.78, 5) is 1.55. The molecule has 0 aromatic rings. The van der Waals surface area contributed by atoms with Crippen LogP contribution in [0.5, 0.6) is 0 Å². The topological polar surface area (TPSA) is 85.2 Å². The van der Waals surface area contributed by atoms with Crippen molar-refractivity contribution < 1.29 is 20.1 Å². The molecule has 6 nitrogen and oxygen atoms in total. The van der Waals surface area contributed by atoms with Crippen molar-refractivity contribution >= 4 is 0 Å². The SMILES string of the molecule is OC[C@H]1O[C@@H](N2C=CNC2O)CC1O. The molecule has 4 N–H and O–H groups in total. The molecule has 2 unspecified atom stereocenters. The molecule has 0 radical (unpaired) electrons. The Morgan fingerprint density at radius 1 is 1.50 bits per heavy atom. The smallest absolute Gasteiger partial charge is 0.206 e. The molecule has 0 aromatic heterocycles. The van der Waals surface area contributed by atoms with E-state index in [0.29, 0.717) is 6.42 Å². The van der Waals surface area contributed by atoms with Gasteiger partial charge in [0.1, 0.15) is 12.3 Å². The predicted molar refractivity (Wildman–Crippen MR) is 46.5 cm³/mol. The molecule has 0 amide bonds. The maximum Gasteiger partial charge on any atom is 0.206 e. The lowest BCUT2D eigenvalue weighted by Gasteiger charge is -2.26. The minimum atomic E-state index is -0.815. The lowest BCUT2D eigenvalue weighted by Crippen LogP contribution is -2.41. The molecule has 14 heavy (non-hydrogen) atoms. The number of rotatable bonds is 2. The van der Waals surface area contributed by atoms with Crippen molar-refractivity contribution in [3.05, 3.63) is 12.4 Å². The molecule has 2 heterocycles. The Morgan fingerprint density at radius 3 is 2.79 bits per heavy atom. The third kappa shape index (κ3) is 1.57. The van der Waals surface area contributed by atoms with E-state index in [9.17, 15) is 10.2 Å². The number of nitrogens with zero attached hydrogens (tertiary/aromatic N) is 1. The summed E-state index contributed by atoms with van der Waals surface area (Å²) in [6.07, 6.45) is 1.21. The Hall–Kier alpha value is -0.820. The minimum Gasteiger partial charge on any atom is -0.394 e. The number of aliphatic hydroxyl groups is 3. The Kier molecular flexibility index (Phi) is 2.60. The summed E-state index contributed by atoms with van der Waals surface area (Å²) in [5.41, 5.74) is 0. The van der Waals surface area contributed by atoms with Crippen LogP contribution in [-0.2, 0) is 4.74 Å². The zero-order chi connectivity index (χ0) is 10.1. The van der Waals surface area contributed by atoms with Crippen LogP contribution in [0, 0.1) is 0 Å². The van der Waals surface area contributed by atoms with Crippen LogP contribution < -0.4 is 5.32 Å². The van der Waals surface area contributed by atoms with Crippen LogP contribution in [0.4, 0.5) is 0 Å². The Balaban J connectivity index is 1.97. The second-order valence-corrected chi connectivity index (χ2v) is 3.42. The highest BCUT2D eigenvalue weighted by Crippen LogP contribution is 2.25. The van der Waals surface area contributed by atoms with Gasteiger partial charge in [-0.2, -0.15) is 0 Å². The molecule has 6 heteroatoms. The number of aliphatic hydroxyl groups excluding tert-OH is 3. The number of hydrogen-bond acceptors (Lipinski definition) is 6. The van der Waals surface area contributed by atoms with Gasteiger partial charge in [-0.15, -0.1) is 0 Å². The quantitative estimate of drug-likeness (QED) is 0.419. The standard InChI is InChI=1S/C8H14N2O4/c11-4-6-5(12)3-7(14-6)10-2-1-9-8(10)13/h1-2,5-9,11-13H,3-4H2/t5?,6-,7-,8?/m1/s1. The van der Waals surface area contributed by atoms with Crippen molar-refractivity contribution in [3.63, 3.8) is 0 Å². The number of nitrogens with one attached hydrogen (secondary N) is 1. The molecule has 80 valence electrons. The average Bonchev–Trinajstić information content (AvgIpc) is 2.71. The highest BCUT2D eigenvalue weighted by Gasteiger charge is 2.38. The predicted octanol–water partition coefficient (Wildman–Crippen LogP) is -1.89. The van der Waals surface area contributed by atoms with Gasteiger partial charge in [0.25, 0.3) is 0 Å². The summed E-state index contributed by atoms with van der Waals surface area (Å²) in [5.74, 6) is 0. The fourth-order valence-corrected chi connectivity index (χ4v) is 1.70. The normalized spacial score (nSPS) is 41.8. The average molecular weight is 202 g/mol. The van der Waals surface area contributed by atoms with Crippen molar-refractivity contribution in [1.82, 2.24) is 10.2 Å². The van der Waals surface area contributed by atoms with Gasteiger partial charge in [-0.3, -0.25) is 0 Å². The fourth-order valence-electron chi connectivity index (χ4n) is 1.70. The molecule has 2 aliphatic heterocycles. The monoisotopic (exact) mass is 202 g/mol. The van der Waals surface area contributed by atoms with Gasteiger partial charge in [-0.1, -0.05) is 0 Å². The second kappa shape index (κ2) is 3.74. The fraction of sp³-hybridized carbons (Fsp3) is 0.750. The van der Waals surface area contributed by atoms with E-state index in [-0.39, 0.29) is 12.8 Å². The Bertz CT molecular complexity index is 235. The summed E-state index contributed by atoms with van der Waals surface area (Å²) in [6.45, 7) is -0.210. The highest BCUT2D eigenvalue weighted by atomic mass is 16.5. The van der Waals surface area contributed by atoms with E-state index in [1.807, 2.05) is 0 Å². The van der Waals surface area contributed by atoms with Crippen LogP contribution in [-0.4, -0.2) is 51.6 Å². The molecule has 1 saturated heterocycles. The van der Waals surface area contributed by atoms with Crippen LogP contribution in [0.15, 0.2) is 12.4 Å². The van der Waals surface area contributed by atoms with Crippen LogP contribution in [0.3, 0.4) is 0 Å². The highest BCUT2D eigenvalue weighted by molar-refractivity contribution is 4.94. The maximum atomic E-state index is 9.47. The molecule has 0 aliphatic carbocycles. The van der Waals surface area contributed by atoms with E-state index in [4.69, 9.17) is 9.84 Å². The molecule has 0 aromatic carbocycles. The van der Waals surface area contributed by atoms with E-state index in [0.717, 1.165) is 0 Å². The molecule has 0 bridgehead atoms. The van der Waals surface area contributed by atoms with E-state index >= 15 is 0 Å². The third-order valence-corrected chi connectivity index (χ3v) is 2.49. The van der Waals surface area contributed by atoms with Crippen LogP contribution in [0.1, 0.15) is 6.42 Å². The van der Waals surface area contributed by atoms with Gasteiger partial charge in [-0.05, 0) is 0 Å². The first-order valence-corrected chi connectivity index (χ1v) is 4.55. The van der Waals surface area contributed by atoms with E-state index in [2.05, 4.69) is 5.32 Å². The zero-order valence-corrected chi connectivity index (χ0v) is 7.58. The zero-order valence-electron chi connectivity index (χ0n) is 7.58. The summed E-state index contributed by atoms with van der Waals surface area (Å²) in [7, 11) is 0. The van der Waals surface area contributed by atoms with Crippen LogP contribution in [0.25, 0.3) is 0 Å². The number of hydrogen-bond donors (Lipinski definition) is 4. The van der Waals surface area contributed by atoms with Crippen molar-refractivity contribution in [2.24, 2.45) is 0 Å². The van der Waals surface area contributed by atoms with Crippen molar-refractivity contribution in [2.45, 2.75) is 31.2 Å². The lowest BCUT2D eigenvalue weighted by atomic mass is 10.2. The first-order chi connectivity index (χ1) is 6.72. The van der Waals surface area contributed by atoms with Crippen molar-refractivity contribution in [3.8, 4) is 0 Å². The molecule has 2 aliphatic rings. The van der Waals surface area contributed by atoms with Crippen molar-refractivity contribution in [1.29, 1.82) is 0 Å². The Labute approximate surface area is 81.4 Å². The van der Waals surface area contributed by atoms with Crippen LogP contribution >= 0.6 is 0 Å². The lowest BCUT2D eigenvalue weighted by molar-refractivity contribution is -0.110. The van der Waals surface area contributed by atoms with E-state index < -0.39 is 18.6 Å². The van der Waals surface area contributed by atoms with Crippen molar-refractivity contribution in [2.75, 3.05) is 6.61 Å². The van der Waals surface area contributed by atoms with Gasteiger partial charge < -0.3 is 30.3 Å². The summed E-state index contributed by atoms with van der Waals surface area (Å²) in [5, 5.41) is 30.4. The van der Waals surface area contributed by atoms with E-state index in [1.54, 1.807) is 17.3 Å². The first kappa shape index (κ1) is 9.72. The molecule has 0 saturated carbocycles. The van der Waals surface area contributed by atoms with Gasteiger partial charge in [0.15, 0.2) is 0 Å². The van der Waals surface area contributed by atoms with Gasteiger partial charge in [-0.25, -0.2) is 0 Å². The van der Waals surface area contributed by atoms with Gasteiger partial charge in [0.05, 0.1) is 12.7 Å². The summed E-state index contributed by atoms with van der Waals surface area (Å²) >= 11 is 0. The molecule has 1 fully saturated rings. The first-order valence-electron chi connectivity index (χ1n) is 4.55. The number of ether oxygens (including phenoxy) is 1. The molecular formula is C8H14N2O4. The van der Waals surface area contributed by atoms with Gasteiger partial charge >= 0.3 is 0 Å². The van der Waals surface area contributed by atoms with Gasteiger partial charge in [0.2, 0.25) is 6.35 Å². The molecule has 2 rings (SSSR count). The second-order valence-electron chi connectivity index (χ2n) is 3.42. The third-order valence-electron chi connectivity index (χ3n) is 2.49. The van der Waals surface area contributed by atoms with Gasteiger partial charge in [0, 0.05) is 18.8 Å². The molecule has 4 atom stereocenters. The van der Waals surface area contributed by atoms with E-state index in [1.165, 1.54) is 0 Å². The molecule has 0 spiro atoms. The largest absolute Gasteiger partial charge is 0.394 e. The van der Waals surface area contributed by atoms with Crippen LogP contribution in [0.2, 0.25) is 0 Å².